The highest BCUT2D eigenvalue weighted by atomic mass is 19.4. The minimum Gasteiger partial charge on any atom is -0.382 e. The van der Waals surface area contributed by atoms with Crippen molar-refractivity contribution in [3.8, 4) is 5.69 Å². The fourth-order valence-corrected chi connectivity index (χ4v) is 4.31. The van der Waals surface area contributed by atoms with Gasteiger partial charge in [-0.1, -0.05) is 0 Å². The second-order valence-electron chi connectivity index (χ2n) is 8.58. The van der Waals surface area contributed by atoms with Gasteiger partial charge in [-0.2, -0.15) is 18.2 Å². The Morgan fingerprint density at radius 2 is 2.00 bits per heavy atom. The Hall–Kier alpha value is -4.83. The summed E-state index contributed by atoms with van der Waals surface area (Å²) in [5.41, 5.74) is 4.33. The monoisotopic (exact) mass is 542 g/mol. The molecule has 0 spiro atoms. The maximum absolute atomic E-state index is 13.3. The first-order valence-electron chi connectivity index (χ1n) is 11.4. The van der Waals surface area contributed by atoms with E-state index in [-0.39, 0.29) is 52.8 Å². The van der Waals surface area contributed by atoms with Crippen LogP contribution in [-0.2, 0) is 15.7 Å². The van der Waals surface area contributed by atoms with Crippen molar-refractivity contribution in [1.29, 1.82) is 0 Å². The van der Waals surface area contributed by atoms with E-state index in [2.05, 4.69) is 25.2 Å². The summed E-state index contributed by atoms with van der Waals surface area (Å²) in [7, 11) is 0. The lowest BCUT2D eigenvalue weighted by molar-refractivity contribution is -0.143. The number of alkyl halides is 3. The second-order valence-corrected chi connectivity index (χ2v) is 8.58. The summed E-state index contributed by atoms with van der Waals surface area (Å²) in [4.78, 5) is 38.7. The molecule has 0 saturated carbocycles. The van der Waals surface area contributed by atoms with Crippen LogP contribution in [0.2, 0.25) is 0 Å². The molecule has 1 aliphatic heterocycles. The fraction of sp³-hybridized carbons (Fsp3) is 0.217. The Morgan fingerprint density at radius 3 is 2.79 bits per heavy atom. The second kappa shape index (κ2) is 8.88. The first kappa shape index (κ1) is 24.5. The van der Waals surface area contributed by atoms with Crippen molar-refractivity contribution in [1.82, 2.24) is 29.9 Å². The molecule has 6 rings (SSSR count). The Morgan fingerprint density at radius 1 is 1.18 bits per heavy atom. The van der Waals surface area contributed by atoms with Crippen molar-refractivity contribution in [2.45, 2.75) is 18.4 Å². The first-order chi connectivity index (χ1) is 18.6. The number of carbonyl (C=O) groups excluding carboxylic acids is 1. The fourth-order valence-electron chi connectivity index (χ4n) is 4.31. The summed E-state index contributed by atoms with van der Waals surface area (Å²) < 4.78 is 51.1. The molecule has 13 nitrogen and oxygen atoms in total. The van der Waals surface area contributed by atoms with Crippen LogP contribution < -0.4 is 16.2 Å². The van der Waals surface area contributed by atoms with Crippen LogP contribution in [0.25, 0.3) is 27.6 Å². The molecule has 1 saturated heterocycles. The van der Waals surface area contributed by atoms with Crippen LogP contribution in [0.3, 0.4) is 0 Å². The number of fused-ring (bicyclic) bond motifs is 3. The molecule has 4 N–H and O–H groups in total. The summed E-state index contributed by atoms with van der Waals surface area (Å²) in [5, 5.41) is 18.1. The molecular weight excluding hydrogens is 525 g/mol. The van der Waals surface area contributed by atoms with E-state index in [1.165, 1.54) is 29.3 Å². The van der Waals surface area contributed by atoms with Gasteiger partial charge in [0.15, 0.2) is 23.3 Å². The molecule has 0 unspecified atom stereocenters. The topological polar surface area (TPSA) is 178 Å². The van der Waals surface area contributed by atoms with Crippen molar-refractivity contribution < 1.29 is 32.3 Å². The third kappa shape index (κ3) is 4.15. The van der Waals surface area contributed by atoms with Crippen molar-refractivity contribution in [3.05, 3.63) is 64.6 Å². The largest absolute Gasteiger partial charge is 0.433 e. The van der Waals surface area contributed by atoms with Gasteiger partial charge in [-0.25, -0.2) is 14.8 Å². The van der Waals surface area contributed by atoms with Crippen LogP contribution in [0.5, 0.6) is 0 Å². The number of halogens is 3. The van der Waals surface area contributed by atoms with E-state index in [1.807, 2.05) is 0 Å². The minimum atomic E-state index is -4.64. The zero-order valence-corrected chi connectivity index (χ0v) is 19.6. The summed E-state index contributed by atoms with van der Waals surface area (Å²) in [6.45, 7) is 0.0523. The van der Waals surface area contributed by atoms with Gasteiger partial charge in [-0.05, 0) is 24.3 Å². The van der Waals surface area contributed by atoms with Crippen molar-refractivity contribution >= 4 is 39.4 Å². The number of benzene rings is 1. The lowest BCUT2D eigenvalue weighted by atomic mass is 10.1. The number of nitrogen functional groups attached to an aromatic ring is 1. The molecule has 16 heteroatoms. The molecule has 1 fully saturated rings. The highest BCUT2D eigenvalue weighted by Gasteiger charge is 2.39. The zero-order valence-electron chi connectivity index (χ0n) is 19.6. The molecule has 1 aliphatic rings. The standard InChI is InChI=1S/C23H17F3N8O5/c24-23(25,26)13-9-10(3-5-28-13)34-6-4-14(31-34)33-7-8-38-18(22(33)37)16(35)20-29-12-2-1-11-17(39-32-19(11)27)15(12)21(36)30-20/h1-6,9,16,18,32,35H,7-8,27H2/t16-,18-/m1/s1. The molecule has 200 valence electrons. The third-order valence-corrected chi connectivity index (χ3v) is 6.18. The number of nitrogens with two attached hydrogens (primary N) is 1. The number of nitrogens with zero attached hydrogens (tertiary/aromatic N) is 6. The molecule has 0 radical (unpaired) electrons. The van der Waals surface area contributed by atoms with Gasteiger partial charge in [-0.3, -0.25) is 19.5 Å². The average molecular weight is 542 g/mol. The number of aromatic nitrogens is 6. The van der Waals surface area contributed by atoms with Gasteiger partial charge in [-0.15, -0.1) is 5.10 Å². The van der Waals surface area contributed by atoms with Gasteiger partial charge in [0.05, 0.1) is 29.7 Å². The predicted octanol–water partition coefficient (Wildman–Crippen LogP) is 1.71. The van der Waals surface area contributed by atoms with E-state index in [1.54, 1.807) is 6.07 Å². The predicted molar refractivity (Wildman–Crippen MR) is 128 cm³/mol. The number of hydrogen-bond donors (Lipinski definition) is 3. The Bertz CT molecular complexity index is 1800. The summed E-state index contributed by atoms with van der Waals surface area (Å²) in [5.74, 6) is -0.713. The number of pyridine rings is 1. The minimum absolute atomic E-state index is 0.00620. The molecule has 1 aromatic carbocycles. The molecule has 1 amide bonds. The van der Waals surface area contributed by atoms with E-state index < -0.39 is 35.5 Å². The van der Waals surface area contributed by atoms with E-state index >= 15 is 0 Å². The molecule has 0 bridgehead atoms. The van der Waals surface area contributed by atoms with Crippen LogP contribution in [-0.4, -0.2) is 60.2 Å². The van der Waals surface area contributed by atoms with Gasteiger partial charge >= 0.3 is 6.18 Å². The number of morpholine rings is 1. The van der Waals surface area contributed by atoms with Gasteiger partial charge in [0, 0.05) is 18.5 Å². The molecule has 5 aromatic rings. The Balaban J connectivity index is 1.28. The molecule has 5 heterocycles. The lowest BCUT2D eigenvalue weighted by Crippen LogP contribution is -2.50. The van der Waals surface area contributed by atoms with E-state index in [9.17, 15) is 27.9 Å². The molecule has 0 aliphatic carbocycles. The number of carbonyl (C=O) groups is 1. The number of hydrogen-bond acceptors (Lipinski definition) is 10. The van der Waals surface area contributed by atoms with Crippen LogP contribution in [0.15, 0.2) is 52.0 Å². The lowest BCUT2D eigenvalue weighted by Gasteiger charge is -2.32. The van der Waals surface area contributed by atoms with E-state index in [0.717, 1.165) is 16.9 Å². The number of aliphatic hydroxyl groups excluding tert-OH is 1. The smallest absolute Gasteiger partial charge is 0.382 e. The molecule has 2 atom stereocenters. The van der Waals surface area contributed by atoms with Gasteiger partial charge in [0.1, 0.15) is 23.0 Å². The SMILES string of the molecule is Nc1[nH]oc2c1ccc1nc([C@H](O)[C@H]3OCCN(c4ccn(-c5ccnc(C(F)(F)F)c5)n4)C3=O)nc(=O)c12. The maximum Gasteiger partial charge on any atom is 0.433 e. The number of amides is 1. The molecule has 4 aromatic heterocycles. The molecule has 39 heavy (non-hydrogen) atoms. The van der Waals surface area contributed by atoms with Crippen LogP contribution in [0.4, 0.5) is 24.8 Å². The number of ether oxygens (including phenoxy) is 1. The number of rotatable bonds is 4. The highest BCUT2D eigenvalue weighted by Crippen LogP contribution is 2.30. The quantitative estimate of drug-likeness (QED) is 0.303. The number of anilines is 2. The van der Waals surface area contributed by atoms with Crippen molar-refractivity contribution in [2.75, 3.05) is 23.8 Å². The Kier molecular flexibility index (Phi) is 5.58. The van der Waals surface area contributed by atoms with E-state index in [4.69, 9.17) is 15.0 Å². The van der Waals surface area contributed by atoms with Crippen LogP contribution in [0.1, 0.15) is 17.6 Å². The van der Waals surface area contributed by atoms with Gasteiger partial charge < -0.3 is 20.1 Å². The van der Waals surface area contributed by atoms with Gasteiger partial charge in [0.25, 0.3) is 11.5 Å². The number of aliphatic hydroxyl groups is 1. The third-order valence-electron chi connectivity index (χ3n) is 6.18. The summed E-state index contributed by atoms with van der Waals surface area (Å²) in [6.07, 6.45) is -5.44. The zero-order chi connectivity index (χ0) is 27.5. The summed E-state index contributed by atoms with van der Waals surface area (Å²) >= 11 is 0. The number of aromatic amines is 1. The van der Waals surface area contributed by atoms with Crippen LogP contribution >= 0.6 is 0 Å². The van der Waals surface area contributed by atoms with Crippen molar-refractivity contribution in [2.24, 2.45) is 0 Å². The number of H-pyrrole nitrogens is 1. The number of nitrogens with one attached hydrogen (secondary N) is 1. The van der Waals surface area contributed by atoms with Gasteiger partial charge in [0.2, 0.25) is 0 Å². The maximum atomic E-state index is 13.3. The first-order valence-corrected chi connectivity index (χ1v) is 11.4. The van der Waals surface area contributed by atoms with Crippen molar-refractivity contribution in [3.63, 3.8) is 0 Å². The summed E-state index contributed by atoms with van der Waals surface area (Å²) in [6, 6.07) is 6.67. The average Bonchev–Trinajstić information content (AvgIpc) is 3.55. The highest BCUT2D eigenvalue weighted by molar-refractivity contribution is 6.05. The van der Waals surface area contributed by atoms with E-state index in [0.29, 0.717) is 5.39 Å². The Labute approximate surface area is 214 Å². The normalized spacial score (nSPS) is 17.3. The van der Waals surface area contributed by atoms with Crippen LogP contribution in [0, 0.1) is 0 Å². The molecular formula is C23H17F3N8O5.